The van der Waals surface area contributed by atoms with Crippen molar-refractivity contribution in [3.8, 4) is 22.5 Å². The third kappa shape index (κ3) is 13.7. The Morgan fingerprint density at radius 2 is 1.56 bits per heavy atom. The summed E-state index contributed by atoms with van der Waals surface area (Å²) in [5, 5.41) is 9.48. The second kappa shape index (κ2) is 19.8. The molecule has 0 spiro atoms. The van der Waals surface area contributed by atoms with Gasteiger partial charge >= 0.3 is 19.2 Å². The molecule has 296 valence electrons. The number of alkyl carbamates (subject to hydrolysis) is 1. The number of carbonyl (C=O) groups excluding carboxylic acids is 2. The van der Waals surface area contributed by atoms with Crippen molar-refractivity contribution in [3.05, 3.63) is 77.3 Å². The van der Waals surface area contributed by atoms with Gasteiger partial charge in [-0.3, -0.25) is 9.79 Å². The summed E-state index contributed by atoms with van der Waals surface area (Å²) in [4.78, 5) is 34.5. The average Bonchev–Trinajstić information content (AvgIpc) is 3.79. The Hall–Kier alpha value is -5.13. The van der Waals surface area contributed by atoms with Crippen LogP contribution >= 0.6 is 11.6 Å². The first-order valence-corrected chi connectivity index (χ1v) is 16.5. The molecule has 0 aliphatic heterocycles. The first-order chi connectivity index (χ1) is 25.1. The molecule has 2 amide bonds. The Morgan fingerprint density at radius 3 is 2.04 bits per heavy atom. The van der Waals surface area contributed by atoms with E-state index in [9.17, 15) is 35.9 Å². The number of nitrogens with one attached hydrogen (secondary N) is 1. The molecule has 19 heteroatoms. The van der Waals surface area contributed by atoms with Crippen LogP contribution in [0.4, 0.5) is 31.1 Å². The Morgan fingerprint density at radius 1 is 0.981 bits per heavy atom. The van der Waals surface area contributed by atoms with Gasteiger partial charge in [0.1, 0.15) is 12.9 Å². The van der Waals surface area contributed by atoms with Crippen LogP contribution in [-0.4, -0.2) is 80.5 Å². The number of likely N-dealkylation sites (N-methyl/N-ethyl adjacent to an activating group) is 1. The van der Waals surface area contributed by atoms with Crippen molar-refractivity contribution in [1.82, 2.24) is 34.8 Å². The molecule has 4 aromatic rings. The lowest BCUT2D eigenvalue weighted by Gasteiger charge is -2.30. The third-order valence-electron chi connectivity index (χ3n) is 6.87. The minimum absolute atomic E-state index is 0.0987. The number of carbonyl (C=O) groups is 2. The number of benzene rings is 2. The molecule has 54 heavy (non-hydrogen) atoms. The van der Waals surface area contributed by atoms with E-state index in [-0.39, 0.29) is 22.0 Å². The van der Waals surface area contributed by atoms with Crippen LogP contribution in [0.15, 0.2) is 66.2 Å². The molecule has 0 radical (unpaired) electrons. The van der Waals surface area contributed by atoms with Gasteiger partial charge in [0.25, 0.3) is 12.3 Å². The number of alkyl halides is 6. The molecule has 0 saturated heterocycles. The van der Waals surface area contributed by atoms with E-state index in [2.05, 4.69) is 53.2 Å². The molecule has 12 nitrogen and oxygen atoms in total. The Balaban J connectivity index is 0.00000100. The predicted molar refractivity (Wildman–Crippen MR) is 194 cm³/mol. The zero-order valence-corrected chi connectivity index (χ0v) is 31.7. The molecule has 1 atom stereocenters. The van der Waals surface area contributed by atoms with E-state index in [0.29, 0.717) is 31.5 Å². The zero-order chi connectivity index (χ0) is 41.0. The minimum atomic E-state index is -2.96. The van der Waals surface area contributed by atoms with Crippen LogP contribution in [0.3, 0.4) is 0 Å². The number of hydrogen-bond acceptors (Lipinski definition) is 7. The molecule has 0 aliphatic rings. The number of rotatable bonds is 11. The topological polar surface area (TPSA) is 146 Å². The first-order valence-electron chi connectivity index (χ1n) is 16.1. The highest BCUT2D eigenvalue weighted by Crippen LogP contribution is 2.32. The highest BCUT2D eigenvalue weighted by molar-refractivity contribution is 6.33. The lowest BCUT2D eigenvalue weighted by Crippen LogP contribution is -2.49. The quantitative estimate of drug-likeness (QED) is 0.0881. The summed E-state index contributed by atoms with van der Waals surface area (Å²) in [7, 11) is 3.02. The third-order valence-corrected chi connectivity index (χ3v) is 7.20. The summed E-state index contributed by atoms with van der Waals surface area (Å²) < 4.78 is 84.7. The Bertz CT molecular complexity index is 1820. The van der Waals surface area contributed by atoms with Crippen molar-refractivity contribution in [3.63, 3.8) is 0 Å². The monoisotopic (exact) mass is 787 g/mol. The van der Waals surface area contributed by atoms with Gasteiger partial charge in [-0.15, -0.1) is 5.10 Å². The van der Waals surface area contributed by atoms with Crippen LogP contribution in [0.5, 0.6) is 0 Å². The Kier molecular flexibility index (Phi) is 16.5. The first kappa shape index (κ1) is 45.0. The minimum Gasteiger partial charge on any atom is -0.447 e. The summed E-state index contributed by atoms with van der Waals surface area (Å²) in [5.74, 6) is -0.707. The predicted octanol–water partition coefficient (Wildman–Crippen LogP) is 8.49. The van der Waals surface area contributed by atoms with Gasteiger partial charge in [-0.25, -0.2) is 23.2 Å². The number of nitrogens with two attached hydrogens (primary N) is 1. The highest BCUT2D eigenvalue weighted by atomic mass is 35.5. The summed E-state index contributed by atoms with van der Waals surface area (Å²) in [6, 6.07) is 9.27. The van der Waals surface area contributed by atoms with Gasteiger partial charge in [-0.05, 0) is 54.7 Å². The molecular weight excluding hydrogens is 744 g/mol. The number of nitrogens with zero attached hydrogens (tertiary/aromatic N) is 7. The maximum Gasteiger partial charge on any atom is 0.407 e. The number of halogens is 7. The fourth-order valence-corrected chi connectivity index (χ4v) is 4.30. The molecule has 0 unspecified atom stereocenters. The Labute approximate surface area is 314 Å². The van der Waals surface area contributed by atoms with E-state index >= 15 is 0 Å². The molecule has 0 bridgehead atoms. The summed E-state index contributed by atoms with van der Waals surface area (Å²) >= 11 is 6.30. The fraction of sp³-hybridized carbons (Fsp3) is 0.429. The average molecular weight is 788 g/mol. The van der Waals surface area contributed by atoms with Crippen molar-refractivity contribution < 1.29 is 40.7 Å². The van der Waals surface area contributed by atoms with Crippen LogP contribution in [0, 0.1) is 5.41 Å². The van der Waals surface area contributed by atoms with Gasteiger partial charge < -0.3 is 20.7 Å². The van der Waals surface area contributed by atoms with E-state index in [1.54, 1.807) is 7.05 Å². The SMILES string of the molecule is CC(C)(C)C.CN(C(=O)c1ccc(-c2cnn(C(F)F)c2)cc1)[C@H](COC(=O)NC(C)(C)C(F)F)c1ccc(Cl)c(-c2ncn(C(F)F)n2)c1.CN=CN. The lowest BCUT2D eigenvalue weighted by atomic mass is 10.0. The standard InChI is InChI=1S/C28H26ClF6N7O3.C5H12.C2H6N2/c1-28(2,24(30)31)38-27(44)45-13-21(17-8-9-20(29)19(10-17)22-36-14-42(39-22)26(34)35)40(3)23(43)16-6-4-15(5-7-16)18-11-37-41(12-18)25(32)33;1-5(2,3)4;1-4-2-3/h4-12,14,21,24-26H,13H2,1-3H3,(H,38,44);1-4H3;2H,1H3,(H2,3,4)/t21-;;/m1../s1. The van der Waals surface area contributed by atoms with E-state index in [4.69, 9.17) is 22.1 Å². The number of hydrogen-bond donors (Lipinski definition) is 2. The molecule has 4 rings (SSSR count). The second-order valence-electron chi connectivity index (χ2n) is 13.7. The molecule has 0 saturated carbocycles. The van der Waals surface area contributed by atoms with Crippen molar-refractivity contribution in [2.75, 3.05) is 20.7 Å². The smallest absolute Gasteiger partial charge is 0.407 e. The van der Waals surface area contributed by atoms with E-state index in [1.807, 2.05) is 0 Å². The fourth-order valence-electron chi connectivity index (χ4n) is 4.10. The number of amides is 2. The number of ether oxygens (including phenoxy) is 1. The number of aliphatic imine (C=N–C) groups is 1. The van der Waals surface area contributed by atoms with Crippen molar-refractivity contribution in [2.24, 2.45) is 16.1 Å². The largest absolute Gasteiger partial charge is 0.447 e. The van der Waals surface area contributed by atoms with E-state index in [1.165, 1.54) is 66.9 Å². The van der Waals surface area contributed by atoms with Gasteiger partial charge in [0.2, 0.25) is 0 Å². The maximum absolute atomic E-state index is 13.6. The second-order valence-corrected chi connectivity index (χ2v) is 14.1. The van der Waals surface area contributed by atoms with Gasteiger partial charge in [-0.2, -0.15) is 27.3 Å². The van der Waals surface area contributed by atoms with Gasteiger partial charge in [-0.1, -0.05) is 57.5 Å². The summed E-state index contributed by atoms with van der Waals surface area (Å²) in [5.41, 5.74) is 4.85. The van der Waals surface area contributed by atoms with Gasteiger partial charge in [0.05, 0.1) is 29.1 Å². The van der Waals surface area contributed by atoms with Crippen LogP contribution in [0.2, 0.25) is 5.02 Å². The highest BCUT2D eigenvalue weighted by Gasteiger charge is 2.33. The van der Waals surface area contributed by atoms with E-state index < -0.39 is 49.7 Å². The van der Waals surface area contributed by atoms with Crippen molar-refractivity contribution >= 4 is 29.9 Å². The molecule has 0 fully saturated rings. The van der Waals surface area contributed by atoms with Crippen molar-refractivity contribution in [1.29, 1.82) is 0 Å². The lowest BCUT2D eigenvalue weighted by molar-refractivity contribution is 0.0380. The summed E-state index contributed by atoms with van der Waals surface area (Å²) in [6.45, 7) is 4.66. The molecule has 2 aromatic carbocycles. The molecular formula is C35H44ClF6N9O3. The summed E-state index contributed by atoms with van der Waals surface area (Å²) in [6.07, 6.45) is 0.388. The number of aromatic nitrogens is 5. The van der Waals surface area contributed by atoms with Crippen LogP contribution < -0.4 is 11.1 Å². The molecule has 3 N–H and O–H groups in total. The van der Waals surface area contributed by atoms with Crippen LogP contribution in [-0.2, 0) is 4.74 Å². The van der Waals surface area contributed by atoms with Gasteiger partial charge in [0, 0.05) is 37.0 Å². The molecule has 0 aliphatic carbocycles. The normalized spacial score (nSPS) is 12.3. The van der Waals surface area contributed by atoms with Gasteiger partial charge in [0.15, 0.2) is 5.82 Å². The van der Waals surface area contributed by atoms with E-state index in [0.717, 1.165) is 26.4 Å². The van der Waals surface area contributed by atoms with Crippen LogP contribution in [0.25, 0.3) is 22.5 Å². The van der Waals surface area contributed by atoms with Crippen molar-refractivity contribution in [2.45, 2.75) is 72.6 Å². The maximum atomic E-state index is 13.6. The molecule has 2 heterocycles. The molecule has 2 aromatic heterocycles. The van der Waals surface area contributed by atoms with Crippen LogP contribution in [0.1, 0.15) is 76.6 Å². The zero-order valence-electron chi connectivity index (χ0n) is 30.9.